The second-order valence-electron chi connectivity index (χ2n) is 5.54. The molecule has 0 radical (unpaired) electrons. The van der Waals surface area contributed by atoms with Crippen molar-refractivity contribution < 1.29 is 4.74 Å². The Labute approximate surface area is 142 Å². The van der Waals surface area contributed by atoms with E-state index in [4.69, 9.17) is 4.74 Å². The summed E-state index contributed by atoms with van der Waals surface area (Å²) in [7, 11) is 0. The smallest absolute Gasteiger partial charge is 0.119 e. The summed E-state index contributed by atoms with van der Waals surface area (Å²) in [5.41, 5.74) is 7.38. The standard InChI is InChI=1S/C21H20N2O/c1-17-11-13-20(14-12-17)23-22-15-18-7-5-6-8-19(18)16-24-21-9-3-2-4-10-21/h2-15,23H,16H2,1H3/b22-15+. The number of aryl methyl sites for hydroxylation is 1. The molecule has 0 atom stereocenters. The third kappa shape index (κ3) is 4.46. The lowest BCUT2D eigenvalue weighted by atomic mass is 10.1. The first-order valence-corrected chi connectivity index (χ1v) is 7.93. The quantitative estimate of drug-likeness (QED) is 0.512. The Bertz CT molecular complexity index is 796. The zero-order chi connectivity index (χ0) is 16.6. The van der Waals surface area contributed by atoms with E-state index in [2.05, 4.69) is 35.7 Å². The van der Waals surface area contributed by atoms with Crippen molar-refractivity contribution in [3.63, 3.8) is 0 Å². The van der Waals surface area contributed by atoms with Gasteiger partial charge in [0.15, 0.2) is 0 Å². The predicted molar refractivity (Wildman–Crippen MR) is 99.6 cm³/mol. The molecular weight excluding hydrogens is 296 g/mol. The van der Waals surface area contributed by atoms with Crippen LogP contribution in [0.4, 0.5) is 5.69 Å². The van der Waals surface area contributed by atoms with Crippen LogP contribution in [0.2, 0.25) is 0 Å². The highest BCUT2D eigenvalue weighted by molar-refractivity contribution is 5.82. The summed E-state index contributed by atoms with van der Waals surface area (Å²) in [6, 6.07) is 26.0. The number of hydrogen-bond donors (Lipinski definition) is 1. The molecular formula is C21H20N2O. The van der Waals surface area contributed by atoms with E-state index < -0.39 is 0 Å². The van der Waals surface area contributed by atoms with Gasteiger partial charge in [-0.05, 0) is 36.8 Å². The van der Waals surface area contributed by atoms with Crippen LogP contribution >= 0.6 is 0 Å². The van der Waals surface area contributed by atoms with Crippen molar-refractivity contribution in [2.75, 3.05) is 5.43 Å². The molecule has 0 unspecified atom stereocenters. The summed E-state index contributed by atoms with van der Waals surface area (Å²) in [6.07, 6.45) is 1.82. The minimum atomic E-state index is 0.511. The van der Waals surface area contributed by atoms with Gasteiger partial charge in [-0.15, -0.1) is 0 Å². The number of hydrazone groups is 1. The number of anilines is 1. The molecule has 0 fully saturated rings. The lowest BCUT2D eigenvalue weighted by Crippen LogP contribution is -2.00. The molecule has 0 saturated carbocycles. The molecule has 0 saturated heterocycles. The molecule has 3 aromatic rings. The van der Waals surface area contributed by atoms with Crippen LogP contribution < -0.4 is 10.2 Å². The maximum Gasteiger partial charge on any atom is 0.119 e. The van der Waals surface area contributed by atoms with E-state index in [1.807, 2.05) is 66.9 Å². The monoisotopic (exact) mass is 316 g/mol. The average Bonchev–Trinajstić information content (AvgIpc) is 2.63. The molecule has 1 N–H and O–H groups in total. The van der Waals surface area contributed by atoms with Crippen LogP contribution in [0.3, 0.4) is 0 Å². The number of benzene rings is 3. The van der Waals surface area contributed by atoms with E-state index in [0.29, 0.717) is 6.61 Å². The van der Waals surface area contributed by atoms with E-state index in [0.717, 1.165) is 22.6 Å². The van der Waals surface area contributed by atoms with Crippen molar-refractivity contribution in [1.82, 2.24) is 0 Å². The fourth-order valence-electron chi connectivity index (χ4n) is 2.27. The molecule has 24 heavy (non-hydrogen) atoms. The Kier molecular flexibility index (Phi) is 5.25. The van der Waals surface area contributed by atoms with Gasteiger partial charge < -0.3 is 4.74 Å². The first kappa shape index (κ1) is 15.8. The van der Waals surface area contributed by atoms with Gasteiger partial charge in [-0.2, -0.15) is 5.10 Å². The van der Waals surface area contributed by atoms with Gasteiger partial charge in [0, 0.05) is 5.56 Å². The highest BCUT2D eigenvalue weighted by Gasteiger charge is 2.01. The number of rotatable bonds is 6. The molecule has 120 valence electrons. The molecule has 3 aromatic carbocycles. The maximum absolute atomic E-state index is 5.83. The molecule has 0 amide bonds. The fraction of sp³-hybridized carbons (Fsp3) is 0.0952. The van der Waals surface area contributed by atoms with Crippen LogP contribution in [0.5, 0.6) is 5.75 Å². The Hall–Kier alpha value is -3.07. The molecule has 0 aliphatic heterocycles. The summed E-state index contributed by atoms with van der Waals surface area (Å²) >= 11 is 0. The lowest BCUT2D eigenvalue weighted by molar-refractivity contribution is 0.306. The molecule has 3 rings (SSSR count). The highest BCUT2D eigenvalue weighted by atomic mass is 16.5. The van der Waals surface area contributed by atoms with Crippen molar-refractivity contribution in [2.45, 2.75) is 13.5 Å². The predicted octanol–water partition coefficient (Wildman–Crippen LogP) is 5.02. The van der Waals surface area contributed by atoms with Gasteiger partial charge in [0.1, 0.15) is 12.4 Å². The van der Waals surface area contributed by atoms with Crippen molar-refractivity contribution >= 4 is 11.9 Å². The Balaban J connectivity index is 1.65. The second-order valence-corrected chi connectivity index (χ2v) is 5.54. The normalized spacial score (nSPS) is 10.7. The SMILES string of the molecule is Cc1ccc(N/N=C/c2ccccc2COc2ccccc2)cc1. The van der Waals surface area contributed by atoms with Gasteiger partial charge in [0.25, 0.3) is 0 Å². The van der Waals surface area contributed by atoms with E-state index in [-0.39, 0.29) is 0 Å². The van der Waals surface area contributed by atoms with Crippen molar-refractivity contribution in [3.05, 3.63) is 95.6 Å². The molecule has 0 aliphatic rings. The zero-order valence-corrected chi connectivity index (χ0v) is 13.6. The minimum Gasteiger partial charge on any atom is -0.489 e. The third-order valence-electron chi connectivity index (χ3n) is 3.64. The van der Waals surface area contributed by atoms with Crippen LogP contribution in [0.1, 0.15) is 16.7 Å². The molecule has 0 heterocycles. The third-order valence-corrected chi connectivity index (χ3v) is 3.64. The molecule has 0 bridgehead atoms. The van der Waals surface area contributed by atoms with E-state index in [9.17, 15) is 0 Å². The fourth-order valence-corrected chi connectivity index (χ4v) is 2.27. The highest BCUT2D eigenvalue weighted by Crippen LogP contribution is 2.14. The van der Waals surface area contributed by atoms with Crippen LogP contribution in [0, 0.1) is 6.92 Å². The van der Waals surface area contributed by atoms with Gasteiger partial charge in [0.05, 0.1) is 11.9 Å². The first-order chi connectivity index (χ1) is 11.8. The van der Waals surface area contributed by atoms with Gasteiger partial charge >= 0.3 is 0 Å². The number of nitrogens with one attached hydrogen (secondary N) is 1. The lowest BCUT2D eigenvalue weighted by Gasteiger charge is -2.08. The summed E-state index contributed by atoms with van der Waals surface area (Å²) in [6.45, 7) is 2.58. The van der Waals surface area contributed by atoms with Gasteiger partial charge in [-0.1, -0.05) is 60.2 Å². The minimum absolute atomic E-state index is 0.511. The number of para-hydroxylation sites is 1. The van der Waals surface area contributed by atoms with Crippen molar-refractivity contribution in [1.29, 1.82) is 0 Å². The Morgan fingerprint density at radius 2 is 1.58 bits per heavy atom. The van der Waals surface area contributed by atoms with E-state index >= 15 is 0 Å². The van der Waals surface area contributed by atoms with Crippen LogP contribution in [0.25, 0.3) is 0 Å². The van der Waals surface area contributed by atoms with Crippen molar-refractivity contribution in [2.24, 2.45) is 5.10 Å². The summed E-state index contributed by atoms with van der Waals surface area (Å²) in [4.78, 5) is 0. The Morgan fingerprint density at radius 1 is 0.875 bits per heavy atom. The maximum atomic E-state index is 5.83. The average molecular weight is 316 g/mol. The van der Waals surface area contributed by atoms with E-state index in [1.54, 1.807) is 0 Å². The number of ether oxygens (including phenoxy) is 1. The van der Waals surface area contributed by atoms with Crippen LogP contribution in [-0.4, -0.2) is 6.21 Å². The summed E-state index contributed by atoms with van der Waals surface area (Å²) < 4.78 is 5.83. The number of hydrogen-bond acceptors (Lipinski definition) is 3. The first-order valence-electron chi connectivity index (χ1n) is 7.93. The van der Waals surface area contributed by atoms with Crippen LogP contribution in [-0.2, 0) is 6.61 Å². The summed E-state index contributed by atoms with van der Waals surface area (Å²) in [5, 5.41) is 4.33. The van der Waals surface area contributed by atoms with Crippen molar-refractivity contribution in [3.8, 4) is 5.75 Å². The topological polar surface area (TPSA) is 33.6 Å². The molecule has 3 nitrogen and oxygen atoms in total. The van der Waals surface area contributed by atoms with Gasteiger partial charge in [-0.25, -0.2) is 0 Å². The molecule has 0 aliphatic carbocycles. The molecule has 0 aromatic heterocycles. The molecule has 0 spiro atoms. The molecule has 3 heteroatoms. The number of nitrogens with zero attached hydrogens (tertiary/aromatic N) is 1. The van der Waals surface area contributed by atoms with Gasteiger partial charge in [0.2, 0.25) is 0 Å². The van der Waals surface area contributed by atoms with Crippen LogP contribution in [0.15, 0.2) is 84.0 Å². The van der Waals surface area contributed by atoms with E-state index in [1.165, 1.54) is 5.56 Å². The Morgan fingerprint density at radius 3 is 2.38 bits per heavy atom. The second kappa shape index (κ2) is 7.97. The largest absolute Gasteiger partial charge is 0.489 e. The van der Waals surface area contributed by atoms with Gasteiger partial charge in [-0.3, -0.25) is 5.43 Å². The zero-order valence-electron chi connectivity index (χ0n) is 13.6. The summed E-state index contributed by atoms with van der Waals surface area (Å²) in [5.74, 6) is 0.863.